The van der Waals surface area contributed by atoms with Gasteiger partial charge in [0.05, 0.1) is 18.4 Å². The molecule has 2 heterocycles. The Bertz CT molecular complexity index is 736. The molecule has 0 aliphatic carbocycles. The Kier molecular flexibility index (Phi) is 3.48. The minimum atomic E-state index is 0.660. The summed E-state index contributed by atoms with van der Waals surface area (Å²) in [5.41, 5.74) is 2.94. The molecule has 4 nitrogen and oxygen atoms in total. The van der Waals surface area contributed by atoms with Crippen LogP contribution in [0.15, 0.2) is 48.9 Å². The molecule has 0 saturated heterocycles. The Morgan fingerprint density at radius 2 is 2.10 bits per heavy atom. The Morgan fingerprint density at radius 1 is 1.20 bits per heavy atom. The topological polar surface area (TPSA) is 43.6 Å². The number of hydrogen-bond donors (Lipinski definition) is 0. The lowest BCUT2D eigenvalue weighted by molar-refractivity contribution is 0.727. The largest absolute Gasteiger partial charge is 0.329 e. The van der Waals surface area contributed by atoms with E-state index in [9.17, 15) is 0 Å². The first-order valence-electron chi connectivity index (χ1n) is 6.27. The molecule has 0 aliphatic heterocycles. The van der Waals surface area contributed by atoms with Crippen LogP contribution in [0.1, 0.15) is 11.5 Å². The summed E-state index contributed by atoms with van der Waals surface area (Å²) in [4.78, 5) is 4.20. The van der Waals surface area contributed by atoms with Crippen molar-refractivity contribution in [1.29, 1.82) is 0 Å². The highest BCUT2D eigenvalue weighted by Gasteiger charge is 2.04. The average Bonchev–Trinajstić information content (AvgIpc) is 2.85. The molecule has 0 bridgehead atoms. The number of rotatable bonds is 3. The summed E-state index contributed by atoms with van der Waals surface area (Å²) in [6.07, 6.45) is 5.46. The zero-order chi connectivity index (χ0) is 13.9. The molecule has 0 radical (unpaired) electrons. The maximum atomic E-state index is 6.02. The number of aryl methyl sites for hydroxylation is 1. The molecule has 0 N–H and O–H groups in total. The highest BCUT2D eigenvalue weighted by Crippen LogP contribution is 2.22. The van der Waals surface area contributed by atoms with Gasteiger partial charge in [-0.2, -0.15) is 10.2 Å². The SMILES string of the molecule is Cc1nccn1Cc1cc(-c2cccc(Cl)c2)cnn1. The van der Waals surface area contributed by atoms with Crippen LogP contribution in [0.25, 0.3) is 11.1 Å². The van der Waals surface area contributed by atoms with Crippen LogP contribution in [-0.4, -0.2) is 19.7 Å². The third kappa shape index (κ3) is 2.70. The van der Waals surface area contributed by atoms with E-state index in [0.717, 1.165) is 22.6 Å². The molecule has 0 fully saturated rings. The number of hydrogen-bond acceptors (Lipinski definition) is 3. The third-order valence-electron chi connectivity index (χ3n) is 3.12. The molecule has 3 aromatic rings. The highest BCUT2D eigenvalue weighted by atomic mass is 35.5. The average molecular weight is 285 g/mol. The monoisotopic (exact) mass is 284 g/mol. The van der Waals surface area contributed by atoms with Crippen LogP contribution in [0.3, 0.4) is 0 Å². The van der Waals surface area contributed by atoms with Crippen molar-refractivity contribution in [1.82, 2.24) is 19.7 Å². The van der Waals surface area contributed by atoms with E-state index in [1.165, 1.54) is 0 Å². The summed E-state index contributed by atoms with van der Waals surface area (Å²) >= 11 is 6.02. The van der Waals surface area contributed by atoms with Gasteiger partial charge in [-0.3, -0.25) is 0 Å². The van der Waals surface area contributed by atoms with Gasteiger partial charge in [-0.05, 0) is 30.7 Å². The molecular formula is C15H13ClN4. The van der Waals surface area contributed by atoms with Crippen LogP contribution < -0.4 is 0 Å². The van der Waals surface area contributed by atoms with E-state index in [0.29, 0.717) is 11.6 Å². The van der Waals surface area contributed by atoms with E-state index in [1.54, 1.807) is 12.4 Å². The Morgan fingerprint density at radius 3 is 2.85 bits per heavy atom. The molecule has 0 amide bonds. The minimum absolute atomic E-state index is 0.660. The zero-order valence-electron chi connectivity index (χ0n) is 11.0. The van der Waals surface area contributed by atoms with Crippen LogP contribution in [-0.2, 0) is 6.54 Å². The van der Waals surface area contributed by atoms with Gasteiger partial charge in [0.15, 0.2) is 0 Å². The third-order valence-corrected chi connectivity index (χ3v) is 3.35. The fourth-order valence-electron chi connectivity index (χ4n) is 2.06. The van der Waals surface area contributed by atoms with Gasteiger partial charge in [-0.25, -0.2) is 4.98 Å². The Hall–Kier alpha value is -2.20. The maximum absolute atomic E-state index is 6.02. The van der Waals surface area contributed by atoms with Crippen LogP contribution in [0.5, 0.6) is 0 Å². The van der Waals surface area contributed by atoms with Gasteiger partial charge >= 0.3 is 0 Å². The predicted octanol–water partition coefficient (Wildman–Crippen LogP) is 3.35. The van der Waals surface area contributed by atoms with Crippen LogP contribution in [0.2, 0.25) is 5.02 Å². The van der Waals surface area contributed by atoms with Gasteiger partial charge in [-0.1, -0.05) is 23.7 Å². The van der Waals surface area contributed by atoms with E-state index in [1.807, 2.05) is 48.0 Å². The lowest BCUT2D eigenvalue weighted by Crippen LogP contribution is -2.04. The summed E-state index contributed by atoms with van der Waals surface area (Å²) < 4.78 is 2.03. The molecule has 20 heavy (non-hydrogen) atoms. The van der Waals surface area contributed by atoms with Crippen LogP contribution in [0.4, 0.5) is 0 Å². The standard InChI is InChI=1S/C15H13ClN4/c1-11-17-5-6-20(11)10-15-8-13(9-18-19-15)12-3-2-4-14(16)7-12/h2-9H,10H2,1H3. The summed E-state index contributed by atoms with van der Waals surface area (Å²) in [6, 6.07) is 9.74. The molecule has 0 atom stereocenters. The normalized spacial score (nSPS) is 10.7. The molecule has 2 aromatic heterocycles. The fraction of sp³-hybridized carbons (Fsp3) is 0.133. The molecule has 100 valence electrons. The van der Waals surface area contributed by atoms with Gasteiger partial charge in [0.2, 0.25) is 0 Å². The van der Waals surface area contributed by atoms with E-state index in [4.69, 9.17) is 11.6 Å². The second kappa shape index (κ2) is 5.43. The van der Waals surface area contributed by atoms with E-state index in [2.05, 4.69) is 15.2 Å². The Balaban J connectivity index is 1.92. The van der Waals surface area contributed by atoms with Gasteiger partial charge in [0.25, 0.3) is 0 Å². The lowest BCUT2D eigenvalue weighted by Gasteiger charge is -2.06. The number of benzene rings is 1. The van der Waals surface area contributed by atoms with Crippen LogP contribution >= 0.6 is 11.6 Å². The van der Waals surface area contributed by atoms with Gasteiger partial charge in [0.1, 0.15) is 5.82 Å². The molecular weight excluding hydrogens is 272 g/mol. The summed E-state index contributed by atoms with van der Waals surface area (Å²) in [6.45, 7) is 2.63. The molecule has 1 aromatic carbocycles. The van der Waals surface area contributed by atoms with Gasteiger partial charge in [0, 0.05) is 23.0 Å². The Labute approximate surface area is 122 Å². The molecule has 0 spiro atoms. The maximum Gasteiger partial charge on any atom is 0.105 e. The predicted molar refractivity (Wildman–Crippen MR) is 78.5 cm³/mol. The second-order valence-electron chi connectivity index (χ2n) is 4.55. The van der Waals surface area contributed by atoms with E-state index >= 15 is 0 Å². The van der Waals surface area contributed by atoms with Gasteiger partial charge in [-0.15, -0.1) is 0 Å². The van der Waals surface area contributed by atoms with E-state index < -0.39 is 0 Å². The number of halogens is 1. The van der Waals surface area contributed by atoms with Gasteiger partial charge < -0.3 is 4.57 Å². The van der Waals surface area contributed by atoms with Crippen molar-refractivity contribution in [2.75, 3.05) is 0 Å². The number of imidazole rings is 1. The van der Waals surface area contributed by atoms with Crippen LogP contribution in [0, 0.1) is 6.92 Å². The quantitative estimate of drug-likeness (QED) is 0.741. The first kappa shape index (κ1) is 12.8. The van der Waals surface area contributed by atoms with Crippen molar-refractivity contribution in [3.63, 3.8) is 0 Å². The first-order valence-corrected chi connectivity index (χ1v) is 6.65. The molecule has 3 rings (SSSR count). The minimum Gasteiger partial charge on any atom is -0.329 e. The number of nitrogens with zero attached hydrogens (tertiary/aromatic N) is 4. The van der Waals surface area contributed by atoms with Crippen molar-refractivity contribution < 1.29 is 0 Å². The number of aromatic nitrogens is 4. The summed E-state index contributed by atoms with van der Waals surface area (Å²) in [5.74, 6) is 0.958. The summed E-state index contributed by atoms with van der Waals surface area (Å²) in [7, 11) is 0. The molecule has 0 saturated carbocycles. The van der Waals surface area contributed by atoms with Crippen molar-refractivity contribution >= 4 is 11.6 Å². The highest BCUT2D eigenvalue weighted by molar-refractivity contribution is 6.30. The van der Waals surface area contributed by atoms with Crippen molar-refractivity contribution in [3.8, 4) is 11.1 Å². The molecule has 0 unspecified atom stereocenters. The molecule has 5 heteroatoms. The van der Waals surface area contributed by atoms with Crippen molar-refractivity contribution in [2.24, 2.45) is 0 Å². The van der Waals surface area contributed by atoms with E-state index in [-0.39, 0.29) is 0 Å². The zero-order valence-corrected chi connectivity index (χ0v) is 11.7. The fourth-order valence-corrected chi connectivity index (χ4v) is 2.25. The second-order valence-corrected chi connectivity index (χ2v) is 4.98. The smallest absolute Gasteiger partial charge is 0.105 e. The first-order chi connectivity index (χ1) is 9.72. The summed E-state index contributed by atoms with van der Waals surface area (Å²) in [5, 5.41) is 8.96. The molecule has 0 aliphatic rings. The van der Waals surface area contributed by atoms with Crippen molar-refractivity contribution in [3.05, 3.63) is 65.5 Å². The lowest BCUT2D eigenvalue weighted by atomic mass is 10.1. The van der Waals surface area contributed by atoms with Crippen molar-refractivity contribution in [2.45, 2.75) is 13.5 Å².